The van der Waals surface area contributed by atoms with Crippen LogP contribution >= 0.6 is 0 Å². The summed E-state index contributed by atoms with van der Waals surface area (Å²) >= 11 is 0. The lowest BCUT2D eigenvalue weighted by molar-refractivity contribution is 0.354. The van der Waals surface area contributed by atoms with Crippen molar-refractivity contribution in [3.8, 4) is 11.5 Å². The molecule has 2 heterocycles. The number of hydrogen-bond donors (Lipinski definition) is 1. The first-order valence-corrected chi connectivity index (χ1v) is 11.4. The second kappa shape index (κ2) is 8.28. The number of aromatic nitrogens is 1. The number of nitrogens with one attached hydrogen (secondary N) is 1. The van der Waals surface area contributed by atoms with Crippen molar-refractivity contribution < 1.29 is 22.3 Å². The van der Waals surface area contributed by atoms with E-state index >= 15 is 0 Å². The number of piperidine rings is 1. The molecule has 30 heavy (non-hydrogen) atoms. The fourth-order valence-corrected chi connectivity index (χ4v) is 5.49. The Bertz CT molecular complexity index is 1170. The van der Waals surface area contributed by atoms with E-state index in [1.807, 2.05) is 0 Å². The van der Waals surface area contributed by atoms with Gasteiger partial charge in [-0.15, -0.1) is 0 Å². The molecular weight excluding hydrogens is 407 g/mol. The van der Waals surface area contributed by atoms with Crippen molar-refractivity contribution in [1.29, 1.82) is 0 Å². The molecule has 1 aliphatic heterocycles. The van der Waals surface area contributed by atoms with Crippen LogP contribution in [0, 0.1) is 11.7 Å². The normalized spacial score (nSPS) is 15.4. The number of methoxy groups -OCH3 is 2. The first-order chi connectivity index (χ1) is 14.4. The summed E-state index contributed by atoms with van der Waals surface area (Å²) in [5.41, 5.74) is 1.32. The van der Waals surface area contributed by atoms with Crippen molar-refractivity contribution in [2.24, 2.45) is 5.92 Å². The Balaban J connectivity index is 1.81. The zero-order valence-corrected chi connectivity index (χ0v) is 17.8. The third-order valence-corrected chi connectivity index (χ3v) is 7.36. The van der Waals surface area contributed by atoms with Crippen molar-refractivity contribution in [1.82, 2.24) is 9.29 Å². The van der Waals surface area contributed by atoms with Crippen molar-refractivity contribution in [3.05, 3.63) is 54.0 Å². The van der Waals surface area contributed by atoms with Crippen LogP contribution in [-0.2, 0) is 16.4 Å². The smallest absolute Gasteiger partial charge is 0.268 e. The molecular formula is C22H25FN2O4S. The number of hydrogen-bond acceptors (Lipinski definition) is 5. The van der Waals surface area contributed by atoms with Crippen LogP contribution in [0.15, 0.2) is 47.5 Å². The van der Waals surface area contributed by atoms with E-state index in [-0.39, 0.29) is 10.7 Å². The number of benzene rings is 2. The fraction of sp³-hybridized carbons (Fsp3) is 0.364. The Hall–Kier alpha value is -2.58. The van der Waals surface area contributed by atoms with E-state index in [1.54, 1.807) is 12.3 Å². The van der Waals surface area contributed by atoms with Crippen LogP contribution in [0.1, 0.15) is 18.4 Å². The van der Waals surface area contributed by atoms with Crippen LogP contribution in [0.25, 0.3) is 10.9 Å². The third-order valence-electron chi connectivity index (χ3n) is 5.69. The standard InChI is InChI=1S/C22H25FN2O4S/c1-28-21-6-4-18(13-22(21)29-2)30(26,27)25-14-16(11-15-7-9-24-10-8-15)19-12-17(23)3-5-20(19)25/h3-6,12-15,24H,7-11H2,1-2H3. The molecule has 1 N–H and O–H groups in total. The zero-order valence-electron chi connectivity index (χ0n) is 17.0. The van der Waals surface area contributed by atoms with Crippen LogP contribution in [0.2, 0.25) is 0 Å². The summed E-state index contributed by atoms with van der Waals surface area (Å²) in [5.74, 6) is 0.839. The van der Waals surface area contributed by atoms with E-state index in [1.165, 1.54) is 48.5 Å². The van der Waals surface area contributed by atoms with Gasteiger partial charge in [0, 0.05) is 17.6 Å². The average Bonchev–Trinajstić information content (AvgIpc) is 3.12. The molecule has 8 heteroatoms. The SMILES string of the molecule is COc1ccc(S(=O)(=O)n2cc(CC3CCNCC3)c3cc(F)ccc32)cc1OC. The van der Waals surface area contributed by atoms with Crippen LogP contribution in [0.3, 0.4) is 0 Å². The Labute approximate surface area is 175 Å². The molecule has 0 saturated carbocycles. The maximum Gasteiger partial charge on any atom is 0.268 e. The number of fused-ring (bicyclic) bond motifs is 1. The summed E-state index contributed by atoms with van der Waals surface area (Å²) in [7, 11) is -0.959. The van der Waals surface area contributed by atoms with Crippen molar-refractivity contribution >= 4 is 20.9 Å². The minimum absolute atomic E-state index is 0.0785. The van der Waals surface area contributed by atoms with Crippen LogP contribution < -0.4 is 14.8 Å². The molecule has 6 nitrogen and oxygen atoms in total. The van der Waals surface area contributed by atoms with E-state index in [0.717, 1.165) is 37.9 Å². The summed E-state index contributed by atoms with van der Waals surface area (Å²) in [6, 6.07) is 8.72. The van der Waals surface area contributed by atoms with E-state index in [0.29, 0.717) is 28.3 Å². The molecule has 160 valence electrons. The molecule has 1 fully saturated rings. The van der Waals surface area contributed by atoms with Crippen LogP contribution in [-0.4, -0.2) is 39.7 Å². The number of nitrogens with zero attached hydrogens (tertiary/aromatic N) is 1. The highest BCUT2D eigenvalue weighted by molar-refractivity contribution is 7.90. The van der Waals surface area contributed by atoms with Crippen LogP contribution in [0.4, 0.5) is 4.39 Å². The molecule has 0 unspecified atom stereocenters. The van der Waals surface area contributed by atoms with Gasteiger partial charge in [-0.05, 0) is 74.2 Å². The van der Waals surface area contributed by atoms with Gasteiger partial charge in [-0.3, -0.25) is 0 Å². The summed E-state index contributed by atoms with van der Waals surface area (Å²) in [6.45, 7) is 1.89. The van der Waals surface area contributed by atoms with Gasteiger partial charge in [0.25, 0.3) is 10.0 Å². The maximum atomic E-state index is 14.0. The summed E-state index contributed by atoms with van der Waals surface area (Å²) < 4.78 is 52.7. The van der Waals surface area contributed by atoms with Crippen molar-refractivity contribution in [2.45, 2.75) is 24.2 Å². The Morgan fingerprint density at radius 2 is 1.80 bits per heavy atom. The topological polar surface area (TPSA) is 69.6 Å². The molecule has 0 atom stereocenters. The van der Waals surface area contributed by atoms with Crippen LogP contribution in [0.5, 0.6) is 11.5 Å². The number of halogens is 1. The highest BCUT2D eigenvalue weighted by Gasteiger charge is 2.24. The van der Waals surface area contributed by atoms with Gasteiger partial charge in [-0.25, -0.2) is 16.8 Å². The van der Waals surface area contributed by atoms with Gasteiger partial charge in [0.15, 0.2) is 11.5 Å². The molecule has 0 radical (unpaired) electrons. The van der Waals surface area contributed by atoms with Gasteiger partial charge in [0.2, 0.25) is 0 Å². The monoisotopic (exact) mass is 432 g/mol. The van der Waals surface area contributed by atoms with Gasteiger partial charge in [-0.2, -0.15) is 0 Å². The quantitative estimate of drug-likeness (QED) is 0.645. The molecule has 0 aliphatic carbocycles. The van der Waals surface area contributed by atoms with E-state index < -0.39 is 10.0 Å². The molecule has 0 amide bonds. The highest BCUT2D eigenvalue weighted by atomic mass is 32.2. The molecule has 2 aromatic carbocycles. The second-order valence-corrected chi connectivity index (χ2v) is 9.35. The van der Waals surface area contributed by atoms with Crippen molar-refractivity contribution in [2.75, 3.05) is 27.3 Å². The van der Waals surface area contributed by atoms with E-state index in [4.69, 9.17) is 9.47 Å². The lowest BCUT2D eigenvalue weighted by Crippen LogP contribution is -2.28. The van der Waals surface area contributed by atoms with Gasteiger partial charge in [0.05, 0.1) is 24.6 Å². The average molecular weight is 433 g/mol. The second-order valence-electron chi connectivity index (χ2n) is 7.53. The lowest BCUT2D eigenvalue weighted by atomic mass is 9.91. The maximum absolute atomic E-state index is 14.0. The van der Waals surface area contributed by atoms with E-state index in [9.17, 15) is 12.8 Å². The minimum Gasteiger partial charge on any atom is -0.493 e. The minimum atomic E-state index is -3.91. The molecule has 4 rings (SSSR count). The lowest BCUT2D eigenvalue weighted by Gasteiger charge is -2.22. The predicted octanol–water partition coefficient (Wildman–Crippen LogP) is 3.58. The Morgan fingerprint density at radius 3 is 2.50 bits per heavy atom. The molecule has 1 aromatic heterocycles. The summed E-state index contributed by atoms with van der Waals surface area (Å²) in [4.78, 5) is 0.0785. The Kier molecular flexibility index (Phi) is 5.71. The first kappa shape index (κ1) is 20.7. The van der Waals surface area contributed by atoms with Gasteiger partial charge < -0.3 is 14.8 Å². The van der Waals surface area contributed by atoms with Gasteiger partial charge in [0.1, 0.15) is 5.82 Å². The third kappa shape index (κ3) is 3.77. The van der Waals surface area contributed by atoms with E-state index in [2.05, 4.69) is 5.32 Å². The number of rotatable bonds is 6. The fourth-order valence-electron chi connectivity index (χ4n) is 4.09. The first-order valence-electron chi connectivity index (χ1n) is 9.92. The van der Waals surface area contributed by atoms with Crippen molar-refractivity contribution in [3.63, 3.8) is 0 Å². The number of ether oxygens (including phenoxy) is 2. The summed E-state index contributed by atoms with van der Waals surface area (Å²) in [6.07, 6.45) is 4.39. The molecule has 1 aliphatic rings. The molecule has 0 spiro atoms. The zero-order chi connectivity index (χ0) is 21.3. The molecule has 0 bridgehead atoms. The predicted molar refractivity (Wildman–Crippen MR) is 113 cm³/mol. The Morgan fingerprint density at radius 1 is 1.07 bits per heavy atom. The largest absolute Gasteiger partial charge is 0.493 e. The highest BCUT2D eigenvalue weighted by Crippen LogP contribution is 2.33. The molecule has 1 saturated heterocycles. The van der Waals surface area contributed by atoms with Gasteiger partial charge in [-0.1, -0.05) is 0 Å². The molecule has 3 aromatic rings. The summed E-state index contributed by atoms with van der Waals surface area (Å²) in [5, 5.41) is 3.97. The van der Waals surface area contributed by atoms with Gasteiger partial charge >= 0.3 is 0 Å².